The van der Waals surface area contributed by atoms with Crippen LogP contribution in [-0.4, -0.2) is 11.3 Å². The van der Waals surface area contributed by atoms with E-state index >= 15 is 0 Å². The van der Waals surface area contributed by atoms with Gasteiger partial charge in [0.15, 0.2) is 6.29 Å². The van der Waals surface area contributed by atoms with E-state index in [2.05, 4.69) is 56.2 Å². The number of H-pyrrole nitrogens is 1. The average Bonchev–Trinajstić information content (AvgIpc) is 2.47. The van der Waals surface area contributed by atoms with Crippen LogP contribution in [0.15, 0.2) is 18.3 Å². The van der Waals surface area contributed by atoms with Crippen LogP contribution in [0, 0.1) is 7.14 Å². The van der Waals surface area contributed by atoms with Crippen molar-refractivity contribution in [2.24, 2.45) is 0 Å². The lowest BCUT2D eigenvalue weighted by atomic mass is 10.2. The van der Waals surface area contributed by atoms with E-state index in [-0.39, 0.29) is 0 Å². The van der Waals surface area contributed by atoms with Gasteiger partial charge in [0.25, 0.3) is 0 Å². The Morgan fingerprint density at radius 1 is 1.31 bits per heavy atom. The van der Waals surface area contributed by atoms with E-state index in [0.717, 1.165) is 26.3 Å². The molecule has 0 aliphatic rings. The number of aromatic amines is 1. The zero-order valence-electron chi connectivity index (χ0n) is 6.47. The highest BCUT2D eigenvalue weighted by Crippen LogP contribution is 2.25. The van der Waals surface area contributed by atoms with Gasteiger partial charge in [-0.3, -0.25) is 4.79 Å². The van der Waals surface area contributed by atoms with E-state index in [1.807, 2.05) is 6.07 Å². The Morgan fingerprint density at radius 3 is 2.77 bits per heavy atom. The van der Waals surface area contributed by atoms with Crippen molar-refractivity contribution in [3.63, 3.8) is 0 Å². The predicted molar refractivity (Wildman–Crippen MR) is 69.1 cm³/mol. The van der Waals surface area contributed by atoms with Gasteiger partial charge in [-0.2, -0.15) is 0 Å². The number of hydrogen-bond donors (Lipinski definition) is 1. The SMILES string of the molecule is O=Cc1c[nH]c2cc(I)cc(I)c12. The summed E-state index contributed by atoms with van der Waals surface area (Å²) in [6.45, 7) is 0. The summed E-state index contributed by atoms with van der Waals surface area (Å²) < 4.78 is 2.29. The molecule has 1 aromatic carbocycles. The van der Waals surface area contributed by atoms with E-state index in [1.54, 1.807) is 6.20 Å². The van der Waals surface area contributed by atoms with Crippen molar-refractivity contribution in [3.05, 3.63) is 31.0 Å². The highest BCUT2D eigenvalue weighted by atomic mass is 127. The van der Waals surface area contributed by atoms with Gasteiger partial charge in [0.05, 0.1) is 0 Å². The van der Waals surface area contributed by atoms with Crippen molar-refractivity contribution in [2.45, 2.75) is 0 Å². The van der Waals surface area contributed by atoms with Gasteiger partial charge in [0.2, 0.25) is 0 Å². The van der Waals surface area contributed by atoms with Crippen molar-refractivity contribution in [3.8, 4) is 0 Å². The molecule has 13 heavy (non-hydrogen) atoms. The first-order valence-corrected chi connectivity index (χ1v) is 5.79. The van der Waals surface area contributed by atoms with Crippen LogP contribution in [0.3, 0.4) is 0 Å². The van der Waals surface area contributed by atoms with E-state index in [0.29, 0.717) is 0 Å². The Kier molecular flexibility index (Phi) is 2.59. The number of halogens is 2. The summed E-state index contributed by atoms with van der Waals surface area (Å²) in [4.78, 5) is 13.8. The second kappa shape index (κ2) is 3.56. The van der Waals surface area contributed by atoms with Crippen molar-refractivity contribution < 1.29 is 4.79 Å². The van der Waals surface area contributed by atoms with Crippen molar-refractivity contribution in [1.82, 2.24) is 4.98 Å². The third kappa shape index (κ3) is 1.61. The Balaban J connectivity index is 2.89. The van der Waals surface area contributed by atoms with E-state index in [9.17, 15) is 4.79 Å². The van der Waals surface area contributed by atoms with Crippen LogP contribution in [0.4, 0.5) is 0 Å². The van der Waals surface area contributed by atoms with Gasteiger partial charge >= 0.3 is 0 Å². The Hall–Kier alpha value is -0.110. The van der Waals surface area contributed by atoms with Crippen LogP contribution in [0.1, 0.15) is 10.4 Å². The standard InChI is InChI=1S/C9H5I2NO/c10-6-1-7(11)9-5(4-13)3-12-8(9)2-6/h1-4,12H. The van der Waals surface area contributed by atoms with Crippen LogP contribution in [0.5, 0.6) is 0 Å². The largest absolute Gasteiger partial charge is 0.360 e. The zero-order chi connectivity index (χ0) is 9.42. The minimum Gasteiger partial charge on any atom is -0.360 e. The van der Waals surface area contributed by atoms with E-state index in [4.69, 9.17) is 0 Å². The Labute approximate surface area is 102 Å². The predicted octanol–water partition coefficient (Wildman–Crippen LogP) is 3.19. The van der Waals surface area contributed by atoms with Crippen LogP contribution in [-0.2, 0) is 0 Å². The molecular formula is C9H5I2NO. The van der Waals surface area contributed by atoms with Crippen LogP contribution < -0.4 is 0 Å². The summed E-state index contributed by atoms with van der Waals surface area (Å²) in [5.41, 5.74) is 1.76. The molecule has 0 fully saturated rings. The maximum atomic E-state index is 10.7. The molecule has 4 heteroatoms. The molecule has 0 bridgehead atoms. The summed E-state index contributed by atoms with van der Waals surface area (Å²) in [5, 5.41) is 1.02. The molecule has 0 aliphatic heterocycles. The molecule has 0 radical (unpaired) electrons. The molecule has 2 rings (SSSR count). The maximum absolute atomic E-state index is 10.7. The molecule has 2 aromatic rings. The monoisotopic (exact) mass is 397 g/mol. The third-order valence-electron chi connectivity index (χ3n) is 1.85. The van der Waals surface area contributed by atoms with Crippen LogP contribution in [0.2, 0.25) is 0 Å². The van der Waals surface area contributed by atoms with Crippen LogP contribution >= 0.6 is 45.2 Å². The molecule has 66 valence electrons. The Morgan fingerprint density at radius 2 is 2.08 bits per heavy atom. The van der Waals surface area contributed by atoms with E-state index in [1.165, 1.54) is 3.57 Å². The summed E-state index contributed by atoms with van der Waals surface area (Å²) in [5.74, 6) is 0. The first kappa shape index (κ1) is 9.45. The lowest BCUT2D eigenvalue weighted by Gasteiger charge is -1.96. The summed E-state index contributed by atoms with van der Waals surface area (Å²) >= 11 is 4.51. The fourth-order valence-electron chi connectivity index (χ4n) is 1.30. The second-order valence-electron chi connectivity index (χ2n) is 2.67. The van der Waals surface area contributed by atoms with Gasteiger partial charge in [-0.25, -0.2) is 0 Å². The molecule has 0 saturated carbocycles. The maximum Gasteiger partial charge on any atom is 0.152 e. The Bertz CT molecular complexity index is 476. The van der Waals surface area contributed by atoms with Crippen molar-refractivity contribution in [1.29, 1.82) is 0 Å². The molecular weight excluding hydrogens is 392 g/mol. The lowest BCUT2D eigenvalue weighted by molar-refractivity contribution is 0.112. The first-order valence-electron chi connectivity index (χ1n) is 3.63. The number of carbonyl (C=O) groups is 1. The summed E-state index contributed by atoms with van der Waals surface area (Å²) in [6, 6.07) is 4.09. The molecule has 0 amide bonds. The highest BCUT2D eigenvalue weighted by Gasteiger charge is 2.06. The summed E-state index contributed by atoms with van der Waals surface area (Å²) in [6.07, 6.45) is 2.63. The lowest BCUT2D eigenvalue weighted by Crippen LogP contribution is -1.81. The third-order valence-corrected chi connectivity index (χ3v) is 3.33. The number of fused-ring (bicyclic) bond motifs is 1. The average molecular weight is 397 g/mol. The van der Waals surface area contributed by atoms with Gasteiger partial charge in [-0.15, -0.1) is 0 Å². The number of hydrogen-bond acceptors (Lipinski definition) is 1. The molecule has 1 heterocycles. The number of aldehydes is 1. The second-order valence-corrected chi connectivity index (χ2v) is 5.08. The van der Waals surface area contributed by atoms with Gasteiger partial charge in [-0.05, 0) is 57.3 Å². The van der Waals surface area contributed by atoms with E-state index < -0.39 is 0 Å². The molecule has 1 aromatic heterocycles. The number of nitrogens with one attached hydrogen (secondary N) is 1. The number of aromatic nitrogens is 1. The first-order chi connectivity index (χ1) is 6.22. The molecule has 0 spiro atoms. The minimum atomic E-state index is 0.732. The molecule has 2 nitrogen and oxygen atoms in total. The number of benzene rings is 1. The molecule has 0 unspecified atom stereocenters. The molecule has 0 aliphatic carbocycles. The van der Waals surface area contributed by atoms with Gasteiger partial charge in [-0.1, -0.05) is 0 Å². The van der Waals surface area contributed by atoms with Gasteiger partial charge < -0.3 is 4.98 Å². The molecule has 0 atom stereocenters. The fourth-order valence-corrected chi connectivity index (χ4v) is 3.46. The van der Waals surface area contributed by atoms with Crippen molar-refractivity contribution in [2.75, 3.05) is 0 Å². The molecule has 0 saturated heterocycles. The van der Waals surface area contributed by atoms with Gasteiger partial charge in [0, 0.05) is 29.8 Å². The summed E-state index contributed by atoms with van der Waals surface area (Å²) in [7, 11) is 0. The number of carbonyl (C=O) groups excluding carboxylic acids is 1. The van der Waals surface area contributed by atoms with Crippen molar-refractivity contribution >= 4 is 62.4 Å². The molecule has 1 N–H and O–H groups in total. The highest BCUT2D eigenvalue weighted by molar-refractivity contribution is 14.1. The zero-order valence-corrected chi connectivity index (χ0v) is 10.8. The minimum absolute atomic E-state index is 0.732. The fraction of sp³-hybridized carbons (Fsp3) is 0. The topological polar surface area (TPSA) is 32.9 Å². The number of rotatable bonds is 1. The quantitative estimate of drug-likeness (QED) is 0.582. The van der Waals surface area contributed by atoms with Gasteiger partial charge in [0.1, 0.15) is 0 Å². The smallest absolute Gasteiger partial charge is 0.152 e. The normalized spacial score (nSPS) is 10.6. The van der Waals surface area contributed by atoms with Crippen LogP contribution in [0.25, 0.3) is 10.9 Å².